The van der Waals surface area contributed by atoms with E-state index in [9.17, 15) is 9.59 Å². The second-order valence-corrected chi connectivity index (χ2v) is 7.80. The van der Waals surface area contributed by atoms with Gasteiger partial charge in [-0.3, -0.25) is 15.0 Å². The molecule has 2 rings (SSSR count). The van der Waals surface area contributed by atoms with Gasteiger partial charge in [0, 0.05) is 26.2 Å². The van der Waals surface area contributed by atoms with Crippen LogP contribution < -0.4 is 16.4 Å². The van der Waals surface area contributed by atoms with Crippen LogP contribution in [0.25, 0.3) is 0 Å². The molecule has 0 aliphatic carbocycles. The molecule has 8 nitrogen and oxygen atoms in total. The van der Waals surface area contributed by atoms with E-state index in [-0.39, 0.29) is 6.03 Å². The van der Waals surface area contributed by atoms with E-state index >= 15 is 0 Å². The first-order valence-electron chi connectivity index (χ1n) is 8.89. The summed E-state index contributed by atoms with van der Waals surface area (Å²) >= 11 is 2.60. The number of rotatable bonds is 10. The monoisotopic (exact) mass is 401 g/mol. The number of nitrogens with one attached hydrogen (secondary N) is 2. The number of ether oxygens (including phenoxy) is 1. The quantitative estimate of drug-likeness (QED) is 0.408. The molecule has 0 saturated carbocycles. The Kier molecular flexibility index (Phi) is 9.16. The Morgan fingerprint density at radius 3 is 2.81 bits per heavy atom. The summed E-state index contributed by atoms with van der Waals surface area (Å²) in [6, 6.07) is -0.355. The lowest BCUT2D eigenvalue weighted by atomic mass is 10.3. The van der Waals surface area contributed by atoms with Gasteiger partial charge in [-0.25, -0.2) is 4.79 Å². The summed E-state index contributed by atoms with van der Waals surface area (Å²) in [6.07, 6.45) is 3.33. The first-order chi connectivity index (χ1) is 12.6. The summed E-state index contributed by atoms with van der Waals surface area (Å²) in [6.45, 7) is 6.64. The minimum Gasteiger partial charge on any atom is -0.379 e. The van der Waals surface area contributed by atoms with E-state index in [0.29, 0.717) is 22.1 Å². The summed E-state index contributed by atoms with van der Waals surface area (Å²) in [5.74, 6) is 0.309. The molecule has 1 aromatic heterocycles. The summed E-state index contributed by atoms with van der Waals surface area (Å²) in [5.41, 5.74) is 5.79. The average molecular weight is 402 g/mol. The van der Waals surface area contributed by atoms with E-state index in [4.69, 9.17) is 10.5 Å². The molecule has 26 heavy (non-hydrogen) atoms. The van der Waals surface area contributed by atoms with Crippen molar-refractivity contribution >= 4 is 40.2 Å². The topological polar surface area (TPSA) is 110 Å². The van der Waals surface area contributed by atoms with Gasteiger partial charge in [-0.15, -0.1) is 11.8 Å². The maximum Gasteiger partial charge on any atom is 0.319 e. The maximum atomic E-state index is 12.1. The van der Waals surface area contributed by atoms with Crippen LogP contribution in [0.4, 0.5) is 9.80 Å². The molecule has 0 bridgehead atoms. The highest BCUT2D eigenvalue weighted by Crippen LogP contribution is 2.32. The van der Waals surface area contributed by atoms with Crippen LogP contribution in [0.1, 0.15) is 36.5 Å². The minimum atomic E-state index is -0.569. The number of morpholine rings is 1. The number of hydrogen-bond acceptors (Lipinski definition) is 7. The lowest BCUT2D eigenvalue weighted by Crippen LogP contribution is -2.42. The largest absolute Gasteiger partial charge is 0.379 e. The van der Waals surface area contributed by atoms with Crippen LogP contribution in [0, 0.1) is 0 Å². The van der Waals surface area contributed by atoms with Gasteiger partial charge < -0.3 is 15.8 Å². The van der Waals surface area contributed by atoms with Crippen molar-refractivity contribution in [3.63, 3.8) is 0 Å². The van der Waals surface area contributed by atoms with Gasteiger partial charge in [0.15, 0.2) is 0 Å². The van der Waals surface area contributed by atoms with Crippen LogP contribution in [0.5, 0.6) is 0 Å². The number of nitrogens with zero attached hydrogens (tertiary/aromatic N) is 2. The van der Waals surface area contributed by atoms with Crippen LogP contribution in [0.3, 0.4) is 0 Å². The molecule has 1 aliphatic heterocycles. The third-order valence-electron chi connectivity index (χ3n) is 3.94. The number of carbonyl (C=O) groups is 2. The lowest BCUT2D eigenvalue weighted by molar-refractivity contribution is 0.0388. The molecule has 4 N–H and O–H groups in total. The van der Waals surface area contributed by atoms with E-state index in [1.807, 2.05) is 0 Å². The van der Waals surface area contributed by atoms with E-state index in [1.165, 1.54) is 11.8 Å². The minimum absolute atomic E-state index is 0.305. The van der Waals surface area contributed by atoms with Gasteiger partial charge in [-0.2, -0.15) is 4.37 Å². The van der Waals surface area contributed by atoms with Gasteiger partial charge in [0.25, 0.3) is 5.91 Å². The molecular weight excluding hydrogens is 374 g/mol. The molecule has 0 spiro atoms. The van der Waals surface area contributed by atoms with E-state index in [1.54, 1.807) is 0 Å². The Morgan fingerprint density at radius 2 is 2.12 bits per heavy atom. The first-order valence-corrected chi connectivity index (χ1v) is 10.6. The molecule has 1 fully saturated rings. The van der Waals surface area contributed by atoms with Crippen LogP contribution in [-0.2, 0) is 4.74 Å². The van der Waals surface area contributed by atoms with Crippen LogP contribution in [-0.4, -0.2) is 66.4 Å². The molecule has 0 aromatic carbocycles. The Labute approximate surface area is 162 Å². The average Bonchev–Trinajstić information content (AvgIpc) is 3.02. The summed E-state index contributed by atoms with van der Waals surface area (Å²) in [7, 11) is 0. The van der Waals surface area contributed by atoms with Crippen molar-refractivity contribution < 1.29 is 14.3 Å². The zero-order valence-corrected chi connectivity index (χ0v) is 16.7. The first kappa shape index (κ1) is 20.9. The van der Waals surface area contributed by atoms with Crippen molar-refractivity contribution in [2.75, 3.05) is 50.5 Å². The predicted molar refractivity (Wildman–Crippen MR) is 105 cm³/mol. The fourth-order valence-corrected chi connectivity index (χ4v) is 4.47. The van der Waals surface area contributed by atoms with Crippen LogP contribution >= 0.6 is 23.3 Å². The van der Waals surface area contributed by atoms with E-state index in [0.717, 1.165) is 69.4 Å². The number of aromatic nitrogens is 1. The summed E-state index contributed by atoms with van der Waals surface area (Å²) < 4.78 is 9.57. The number of thioether (sulfide) groups is 1. The fraction of sp³-hybridized carbons (Fsp3) is 0.688. The number of primary amides is 1. The standard InChI is InChI=1S/C16H27N5O3S2/c1-2-3-4-11-25-15-12(13(17)22)14(26-20-15)19-16(23)18-5-6-21-7-9-24-10-8-21/h2-11H2,1H3,(H2,17,22)(H2,18,19,23). The zero-order chi connectivity index (χ0) is 18.8. The number of nitrogens with two attached hydrogens (primary N) is 1. The number of unbranched alkanes of at least 4 members (excludes halogenated alkanes) is 2. The number of amides is 3. The molecule has 1 saturated heterocycles. The van der Waals surface area contributed by atoms with Crippen LogP contribution in [0.15, 0.2) is 5.03 Å². The second kappa shape index (κ2) is 11.4. The SMILES string of the molecule is CCCCCSc1nsc(NC(=O)NCCN2CCOCC2)c1C(N)=O. The highest BCUT2D eigenvalue weighted by Gasteiger charge is 2.20. The highest BCUT2D eigenvalue weighted by atomic mass is 32.2. The number of anilines is 1. The normalized spacial score (nSPS) is 15.0. The zero-order valence-electron chi connectivity index (χ0n) is 15.1. The molecule has 2 heterocycles. The highest BCUT2D eigenvalue weighted by molar-refractivity contribution is 7.99. The molecule has 0 radical (unpaired) electrons. The van der Waals surface area contributed by atoms with E-state index < -0.39 is 5.91 Å². The Bertz CT molecular complexity index is 590. The Hall–Kier alpha value is -1.36. The van der Waals surface area contributed by atoms with Crippen molar-refractivity contribution in [1.82, 2.24) is 14.6 Å². The van der Waals surface area contributed by atoms with Crippen molar-refractivity contribution in [2.45, 2.75) is 31.2 Å². The Morgan fingerprint density at radius 1 is 1.35 bits per heavy atom. The molecule has 3 amide bonds. The van der Waals surface area contributed by atoms with Crippen molar-refractivity contribution in [1.29, 1.82) is 0 Å². The number of hydrogen-bond donors (Lipinski definition) is 3. The molecule has 1 aliphatic rings. The maximum absolute atomic E-state index is 12.1. The molecule has 0 unspecified atom stereocenters. The van der Waals surface area contributed by atoms with Gasteiger partial charge in [0.2, 0.25) is 0 Å². The third kappa shape index (κ3) is 6.75. The van der Waals surface area contributed by atoms with Gasteiger partial charge in [-0.1, -0.05) is 19.8 Å². The molecule has 1 aromatic rings. The lowest BCUT2D eigenvalue weighted by Gasteiger charge is -2.26. The number of carbonyl (C=O) groups excluding carboxylic acids is 2. The fourth-order valence-electron chi connectivity index (χ4n) is 2.50. The molecule has 10 heteroatoms. The van der Waals surface area contributed by atoms with Gasteiger partial charge in [0.05, 0.1) is 13.2 Å². The molecule has 146 valence electrons. The molecule has 0 atom stereocenters. The predicted octanol–water partition coefficient (Wildman–Crippen LogP) is 1.98. The third-order valence-corrected chi connectivity index (χ3v) is 5.88. The second-order valence-electron chi connectivity index (χ2n) is 5.95. The van der Waals surface area contributed by atoms with Crippen molar-refractivity contribution in [2.24, 2.45) is 5.73 Å². The smallest absolute Gasteiger partial charge is 0.319 e. The van der Waals surface area contributed by atoms with Gasteiger partial charge >= 0.3 is 6.03 Å². The number of urea groups is 1. The Balaban J connectivity index is 1.82. The van der Waals surface area contributed by atoms with Gasteiger partial charge in [0.1, 0.15) is 15.6 Å². The summed E-state index contributed by atoms with van der Waals surface area (Å²) in [4.78, 5) is 26.1. The summed E-state index contributed by atoms with van der Waals surface area (Å²) in [5, 5.41) is 6.50. The van der Waals surface area contributed by atoms with E-state index in [2.05, 4.69) is 26.8 Å². The van der Waals surface area contributed by atoms with Crippen molar-refractivity contribution in [3.05, 3.63) is 5.56 Å². The molecular formula is C16H27N5O3S2. The van der Waals surface area contributed by atoms with Crippen LogP contribution in [0.2, 0.25) is 0 Å². The van der Waals surface area contributed by atoms with Crippen molar-refractivity contribution in [3.8, 4) is 0 Å². The van der Waals surface area contributed by atoms with Gasteiger partial charge in [-0.05, 0) is 23.7 Å².